The lowest BCUT2D eigenvalue weighted by atomic mass is 9.91. The van der Waals surface area contributed by atoms with Gasteiger partial charge in [-0.05, 0) is 52.9 Å². The molecule has 2 aliphatic rings. The molecular weight excluding hydrogens is 841 g/mol. The van der Waals surface area contributed by atoms with Crippen molar-refractivity contribution in [1.82, 2.24) is 0 Å². The normalized spacial score (nSPS) is 25.5. The molecule has 2 N–H and O–H groups in total. The highest BCUT2D eigenvalue weighted by atomic mass is 32.2. The van der Waals surface area contributed by atoms with Crippen LogP contribution in [-0.2, 0) is 54.8 Å². The van der Waals surface area contributed by atoms with Gasteiger partial charge in [0.1, 0.15) is 35.3 Å². The van der Waals surface area contributed by atoms with E-state index >= 15 is 0 Å². The maximum absolute atomic E-state index is 11.1. The quantitative estimate of drug-likeness (QED) is 0.0868. The van der Waals surface area contributed by atoms with Crippen LogP contribution in [0.2, 0.25) is 0 Å². The summed E-state index contributed by atoms with van der Waals surface area (Å²) in [6.45, 7) is 5.84. The van der Waals surface area contributed by atoms with Gasteiger partial charge in [-0.25, -0.2) is 0 Å². The Kier molecular flexibility index (Phi) is 18.9. The fourth-order valence-corrected chi connectivity index (χ4v) is 10.1. The lowest BCUT2D eigenvalue weighted by Crippen LogP contribution is -2.58. The maximum atomic E-state index is 11.1. The van der Waals surface area contributed by atoms with E-state index in [1.165, 1.54) is 0 Å². The largest absolute Gasteiger partial charge is 0.394 e. The van der Waals surface area contributed by atoms with E-state index in [-0.39, 0.29) is 47.8 Å². The molecule has 2 saturated heterocycles. The highest BCUT2D eigenvalue weighted by Gasteiger charge is 2.47. The average molecular weight is 901 g/mol. The third kappa shape index (κ3) is 13.9. The van der Waals surface area contributed by atoms with Gasteiger partial charge in [-0.3, -0.25) is 0 Å². The van der Waals surface area contributed by atoms with Crippen molar-refractivity contribution in [2.24, 2.45) is 5.92 Å². The zero-order valence-corrected chi connectivity index (χ0v) is 38.1. The molecule has 336 valence electrons. The number of aliphatic hydroxyl groups is 2. The van der Waals surface area contributed by atoms with Gasteiger partial charge in [0.15, 0.2) is 0 Å². The standard InChI is InChI=1S/2C27H30O4S/c1-20-24(17-28)31-27(32-23-15-9-4-10-16-23)26(30-19-22-13-7-3-8-14-22)25(20)29-18-21-11-5-2-6-12-21;1-2-23-24(28)25(29-18-20-12-6-3-7-13-20)26(30-19-21-14-8-4-9-15-21)27(31-23)32-22-16-10-5-11-17-22/h2-16,20,24-28H,17-19H2,1H3;3-17,23-28H,2,18-19H2,1H3/t20-,24?,25-,26?,27+;23?,24-,25-,26?,27+/m11/s1. The number of benzene rings is 6. The van der Waals surface area contributed by atoms with Crippen LogP contribution in [0.5, 0.6) is 0 Å². The molecule has 10 heteroatoms. The van der Waals surface area contributed by atoms with E-state index in [0.717, 1.165) is 32.0 Å². The third-order valence-corrected chi connectivity index (χ3v) is 13.7. The zero-order valence-electron chi connectivity index (χ0n) is 36.5. The SMILES string of the molecule is CCC1O[C@@H](Sc2ccccc2)C(OCc2ccccc2)[C@H](OCc2ccccc2)[C@@H]1O.C[C@@H]1C(CO)O[C@@H](Sc2ccccc2)C(OCc2ccccc2)[C@@H]1OCc1ccccc1. The molecule has 0 aliphatic carbocycles. The Labute approximate surface area is 387 Å². The van der Waals surface area contributed by atoms with Crippen LogP contribution in [0.25, 0.3) is 0 Å². The van der Waals surface area contributed by atoms with Crippen molar-refractivity contribution >= 4 is 23.5 Å². The molecule has 10 atom stereocenters. The van der Waals surface area contributed by atoms with Crippen molar-refractivity contribution in [1.29, 1.82) is 0 Å². The van der Waals surface area contributed by atoms with Crippen LogP contribution in [0, 0.1) is 5.92 Å². The van der Waals surface area contributed by atoms with Gasteiger partial charge in [-0.1, -0.05) is 195 Å². The fourth-order valence-electron chi connectivity index (χ4n) is 7.79. The summed E-state index contributed by atoms with van der Waals surface area (Å²) in [6, 6.07) is 60.7. The topological polar surface area (TPSA) is 95.8 Å². The van der Waals surface area contributed by atoms with Crippen LogP contribution in [0.1, 0.15) is 42.5 Å². The summed E-state index contributed by atoms with van der Waals surface area (Å²) >= 11 is 3.23. The minimum Gasteiger partial charge on any atom is -0.394 e. The first-order valence-electron chi connectivity index (χ1n) is 22.1. The van der Waals surface area contributed by atoms with E-state index in [9.17, 15) is 10.2 Å². The molecular formula is C54H60O8S2. The molecule has 2 fully saturated rings. The van der Waals surface area contributed by atoms with E-state index in [2.05, 4.69) is 55.5 Å². The second-order valence-electron chi connectivity index (χ2n) is 15.9. The van der Waals surface area contributed by atoms with Crippen molar-refractivity contribution in [3.8, 4) is 0 Å². The van der Waals surface area contributed by atoms with E-state index in [1.54, 1.807) is 23.5 Å². The summed E-state index contributed by atoms with van der Waals surface area (Å²) in [5, 5.41) is 21.1. The van der Waals surface area contributed by atoms with Crippen molar-refractivity contribution in [2.45, 2.75) is 110 Å². The summed E-state index contributed by atoms with van der Waals surface area (Å²) < 4.78 is 38.3. The van der Waals surface area contributed by atoms with Crippen LogP contribution in [0.4, 0.5) is 0 Å². The molecule has 6 aromatic rings. The van der Waals surface area contributed by atoms with Crippen LogP contribution in [0.15, 0.2) is 192 Å². The first-order valence-corrected chi connectivity index (χ1v) is 23.9. The first-order chi connectivity index (χ1) is 31.5. The van der Waals surface area contributed by atoms with Crippen LogP contribution in [0.3, 0.4) is 0 Å². The van der Waals surface area contributed by atoms with Gasteiger partial charge in [0.25, 0.3) is 0 Å². The second-order valence-corrected chi connectivity index (χ2v) is 18.3. The lowest BCUT2D eigenvalue weighted by Gasteiger charge is -2.44. The van der Waals surface area contributed by atoms with Crippen LogP contribution < -0.4 is 0 Å². The Morgan fingerprint density at radius 2 is 0.750 bits per heavy atom. The predicted molar refractivity (Wildman–Crippen MR) is 255 cm³/mol. The number of thioether (sulfide) groups is 2. The van der Waals surface area contributed by atoms with Crippen LogP contribution in [-0.4, -0.2) is 70.4 Å². The van der Waals surface area contributed by atoms with Crippen LogP contribution >= 0.6 is 23.5 Å². The minimum absolute atomic E-state index is 0.0166. The Morgan fingerprint density at radius 3 is 1.11 bits per heavy atom. The van der Waals surface area contributed by atoms with Crippen molar-refractivity contribution < 1.29 is 38.6 Å². The van der Waals surface area contributed by atoms with Gasteiger partial charge in [-0.15, -0.1) is 0 Å². The molecule has 2 aliphatic heterocycles. The zero-order chi connectivity index (χ0) is 44.4. The maximum Gasteiger partial charge on any atom is 0.136 e. The average Bonchev–Trinajstić information content (AvgIpc) is 3.35. The Bertz CT molecular complexity index is 2000. The number of aliphatic hydroxyl groups excluding tert-OH is 2. The number of rotatable bonds is 18. The highest BCUT2D eigenvalue weighted by Crippen LogP contribution is 2.40. The van der Waals surface area contributed by atoms with Gasteiger partial charge in [-0.2, -0.15) is 0 Å². The van der Waals surface area contributed by atoms with Crippen molar-refractivity contribution in [3.05, 3.63) is 204 Å². The molecule has 8 rings (SSSR count). The molecule has 0 amide bonds. The summed E-state index contributed by atoms with van der Waals surface area (Å²) in [4.78, 5) is 2.19. The van der Waals surface area contributed by atoms with Gasteiger partial charge in [0.05, 0.1) is 51.3 Å². The smallest absolute Gasteiger partial charge is 0.136 e. The highest BCUT2D eigenvalue weighted by molar-refractivity contribution is 8.00. The lowest BCUT2D eigenvalue weighted by molar-refractivity contribution is -0.232. The van der Waals surface area contributed by atoms with Crippen molar-refractivity contribution in [2.75, 3.05) is 6.61 Å². The summed E-state index contributed by atoms with van der Waals surface area (Å²) in [7, 11) is 0. The number of hydrogen-bond acceptors (Lipinski definition) is 10. The second kappa shape index (κ2) is 25.4. The Morgan fingerprint density at radius 1 is 0.438 bits per heavy atom. The van der Waals surface area contributed by atoms with Gasteiger partial charge >= 0.3 is 0 Å². The molecule has 0 aromatic heterocycles. The minimum atomic E-state index is -0.767. The monoisotopic (exact) mass is 900 g/mol. The van der Waals surface area contributed by atoms with E-state index in [1.807, 2.05) is 140 Å². The molecule has 6 aromatic carbocycles. The molecule has 8 nitrogen and oxygen atoms in total. The molecule has 0 spiro atoms. The number of hydrogen-bond donors (Lipinski definition) is 2. The van der Waals surface area contributed by atoms with Gasteiger partial charge < -0.3 is 38.6 Å². The fraction of sp³-hybridized carbons (Fsp3) is 0.333. The van der Waals surface area contributed by atoms with E-state index in [0.29, 0.717) is 32.8 Å². The van der Waals surface area contributed by atoms with E-state index in [4.69, 9.17) is 28.4 Å². The third-order valence-electron chi connectivity index (χ3n) is 11.3. The number of ether oxygens (including phenoxy) is 6. The summed E-state index contributed by atoms with van der Waals surface area (Å²) in [5.41, 5.74) is 3.76. The van der Waals surface area contributed by atoms with Gasteiger partial charge in [0, 0.05) is 15.7 Å². The summed E-state index contributed by atoms with van der Waals surface area (Å²) in [5.74, 6) is -0.0166. The molecule has 0 saturated carbocycles. The first kappa shape index (κ1) is 47.7. The molecule has 2 heterocycles. The van der Waals surface area contributed by atoms with Crippen molar-refractivity contribution in [3.63, 3.8) is 0 Å². The Balaban J connectivity index is 0.000000191. The van der Waals surface area contributed by atoms with Gasteiger partial charge in [0.2, 0.25) is 0 Å². The molecule has 4 unspecified atom stereocenters. The molecule has 0 radical (unpaired) electrons. The predicted octanol–water partition coefficient (Wildman–Crippen LogP) is 10.7. The van der Waals surface area contributed by atoms with E-state index < -0.39 is 18.3 Å². The Hall–Kier alpha value is -4.30. The summed E-state index contributed by atoms with van der Waals surface area (Å²) in [6.07, 6.45) is -2.13. The molecule has 64 heavy (non-hydrogen) atoms. The molecule has 0 bridgehead atoms.